The van der Waals surface area contributed by atoms with E-state index in [1.54, 1.807) is 29.2 Å². The summed E-state index contributed by atoms with van der Waals surface area (Å²) in [4.78, 5) is 14.2. The number of nitrogens with zero attached hydrogens (tertiary/aromatic N) is 2. The molecule has 1 unspecified atom stereocenters. The number of hydrogen-bond donors (Lipinski definition) is 2. The summed E-state index contributed by atoms with van der Waals surface area (Å²) >= 11 is 0. The zero-order valence-electron chi connectivity index (χ0n) is 17.1. The van der Waals surface area contributed by atoms with Gasteiger partial charge < -0.3 is 10.4 Å². The van der Waals surface area contributed by atoms with Crippen molar-refractivity contribution in [1.29, 1.82) is 0 Å². The van der Waals surface area contributed by atoms with Crippen molar-refractivity contribution in [3.8, 4) is 0 Å². The number of sulfonamides is 1. The number of aliphatic hydroxyl groups is 1. The number of benzene rings is 2. The standard InChI is InChI=1S/C21H25F2N3O4S/c1-15-2-5-17(6-3-15)31(29,30)26-10-8-25(9-11-26)14-21(28)24-13-20(27)18-7-4-16(22)12-19(18)23/h2-7,12,20,27H,8-11,13-14H2,1H3,(H,24,28). The molecule has 7 nitrogen and oxygen atoms in total. The van der Waals surface area contributed by atoms with Gasteiger partial charge in [-0.3, -0.25) is 9.69 Å². The van der Waals surface area contributed by atoms with Crippen LogP contribution in [0.25, 0.3) is 0 Å². The van der Waals surface area contributed by atoms with Gasteiger partial charge in [-0.2, -0.15) is 4.31 Å². The molecule has 0 aliphatic carbocycles. The van der Waals surface area contributed by atoms with Gasteiger partial charge >= 0.3 is 0 Å². The Bertz CT molecular complexity index is 1020. The summed E-state index contributed by atoms with van der Waals surface area (Å²) in [6, 6.07) is 9.51. The molecule has 10 heteroatoms. The second kappa shape index (κ2) is 9.82. The Morgan fingerprint density at radius 3 is 2.35 bits per heavy atom. The fourth-order valence-corrected chi connectivity index (χ4v) is 4.76. The van der Waals surface area contributed by atoms with E-state index >= 15 is 0 Å². The molecule has 0 radical (unpaired) electrons. The Kier molecular flexibility index (Phi) is 7.37. The molecule has 1 atom stereocenters. The molecule has 2 N–H and O–H groups in total. The molecule has 0 saturated carbocycles. The van der Waals surface area contributed by atoms with Crippen LogP contribution in [0, 0.1) is 18.6 Å². The van der Waals surface area contributed by atoms with Crippen LogP contribution < -0.4 is 5.32 Å². The van der Waals surface area contributed by atoms with Crippen molar-refractivity contribution in [2.24, 2.45) is 0 Å². The molecular weight excluding hydrogens is 428 g/mol. The van der Waals surface area contributed by atoms with E-state index in [0.29, 0.717) is 19.2 Å². The first-order valence-electron chi connectivity index (χ1n) is 9.85. The Labute approximate surface area is 180 Å². The molecule has 168 valence electrons. The van der Waals surface area contributed by atoms with Crippen molar-refractivity contribution in [1.82, 2.24) is 14.5 Å². The fourth-order valence-electron chi connectivity index (χ4n) is 3.34. The highest BCUT2D eigenvalue weighted by atomic mass is 32.2. The molecule has 1 aliphatic rings. The molecular formula is C21H25F2N3O4S. The van der Waals surface area contributed by atoms with Crippen molar-refractivity contribution in [3.63, 3.8) is 0 Å². The van der Waals surface area contributed by atoms with Gasteiger partial charge in [0, 0.05) is 44.4 Å². The van der Waals surface area contributed by atoms with Gasteiger partial charge in [-0.05, 0) is 25.1 Å². The van der Waals surface area contributed by atoms with E-state index in [9.17, 15) is 27.1 Å². The number of piperazine rings is 1. The average molecular weight is 454 g/mol. The molecule has 3 rings (SSSR count). The number of hydrogen-bond acceptors (Lipinski definition) is 5. The number of carbonyl (C=O) groups excluding carboxylic acids is 1. The monoisotopic (exact) mass is 453 g/mol. The van der Waals surface area contributed by atoms with Gasteiger partial charge in [0.2, 0.25) is 15.9 Å². The van der Waals surface area contributed by atoms with Crippen LogP contribution >= 0.6 is 0 Å². The van der Waals surface area contributed by atoms with E-state index in [1.165, 1.54) is 4.31 Å². The lowest BCUT2D eigenvalue weighted by Crippen LogP contribution is -2.51. The Balaban J connectivity index is 1.47. The summed E-state index contributed by atoms with van der Waals surface area (Å²) in [6.45, 7) is 2.97. The second-order valence-electron chi connectivity index (χ2n) is 7.48. The molecule has 2 aromatic carbocycles. The van der Waals surface area contributed by atoms with Gasteiger partial charge in [0.05, 0.1) is 17.5 Å². The number of nitrogens with one attached hydrogen (secondary N) is 1. The van der Waals surface area contributed by atoms with E-state index in [4.69, 9.17) is 0 Å². The van der Waals surface area contributed by atoms with Crippen LogP contribution in [0.3, 0.4) is 0 Å². The molecule has 1 aliphatic heterocycles. The lowest BCUT2D eigenvalue weighted by molar-refractivity contribution is -0.123. The van der Waals surface area contributed by atoms with Crippen molar-refractivity contribution in [2.75, 3.05) is 39.3 Å². The topological polar surface area (TPSA) is 90.0 Å². The highest BCUT2D eigenvalue weighted by molar-refractivity contribution is 7.89. The normalized spacial score (nSPS) is 16.8. The van der Waals surface area contributed by atoms with Gasteiger partial charge in [0.15, 0.2) is 0 Å². The number of aryl methyl sites for hydroxylation is 1. The van der Waals surface area contributed by atoms with E-state index in [-0.39, 0.29) is 42.5 Å². The predicted octanol–water partition coefficient (Wildman–Crippen LogP) is 1.43. The lowest BCUT2D eigenvalue weighted by Gasteiger charge is -2.33. The Morgan fingerprint density at radius 2 is 1.74 bits per heavy atom. The zero-order chi connectivity index (χ0) is 22.6. The lowest BCUT2D eigenvalue weighted by atomic mass is 10.1. The van der Waals surface area contributed by atoms with Crippen LogP contribution in [0.4, 0.5) is 8.78 Å². The minimum Gasteiger partial charge on any atom is -0.386 e. The van der Waals surface area contributed by atoms with Crippen molar-refractivity contribution >= 4 is 15.9 Å². The van der Waals surface area contributed by atoms with E-state index < -0.39 is 27.8 Å². The number of halogens is 2. The Morgan fingerprint density at radius 1 is 1.10 bits per heavy atom. The van der Waals surface area contributed by atoms with Crippen molar-refractivity contribution in [3.05, 3.63) is 65.2 Å². The quantitative estimate of drug-likeness (QED) is 0.662. The first-order chi connectivity index (χ1) is 14.7. The summed E-state index contributed by atoms with van der Waals surface area (Å²) in [7, 11) is -3.58. The third-order valence-corrected chi connectivity index (χ3v) is 7.08. The maximum atomic E-state index is 13.7. The fraction of sp³-hybridized carbons (Fsp3) is 0.381. The van der Waals surface area contributed by atoms with Crippen LogP contribution in [0.1, 0.15) is 17.2 Å². The molecule has 31 heavy (non-hydrogen) atoms. The highest BCUT2D eigenvalue weighted by Crippen LogP contribution is 2.19. The minimum atomic E-state index is -3.58. The second-order valence-corrected chi connectivity index (χ2v) is 9.42. The van der Waals surface area contributed by atoms with Gasteiger partial charge in [-0.1, -0.05) is 23.8 Å². The molecule has 2 aromatic rings. The summed E-state index contributed by atoms with van der Waals surface area (Å²) in [5.41, 5.74) is 0.874. The van der Waals surface area contributed by atoms with Gasteiger partial charge in [0.1, 0.15) is 11.6 Å². The molecule has 1 heterocycles. The predicted molar refractivity (Wildman–Crippen MR) is 111 cm³/mol. The van der Waals surface area contributed by atoms with Crippen LogP contribution in [-0.2, 0) is 14.8 Å². The third kappa shape index (κ3) is 5.85. The first kappa shape index (κ1) is 23.3. The van der Waals surface area contributed by atoms with Crippen molar-refractivity contribution < 1.29 is 27.1 Å². The summed E-state index contributed by atoms with van der Waals surface area (Å²) in [5.74, 6) is -2.01. The van der Waals surface area contributed by atoms with E-state index in [1.807, 2.05) is 6.92 Å². The third-order valence-electron chi connectivity index (χ3n) is 5.17. The number of rotatable bonds is 7. The molecule has 0 bridgehead atoms. The molecule has 1 amide bonds. The number of aliphatic hydroxyl groups excluding tert-OH is 1. The maximum absolute atomic E-state index is 13.7. The average Bonchev–Trinajstić information content (AvgIpc) is 2.73. The van der Waals surface area contributed by atoms with Crippen LogP contribution in [-0.4, -0.2) is 67.9 Å². The number of amides is 1. The largest absolute Gasteiger partial charge is 0.386 e. The summed E-state index contributed by atoms with van der Waals surface area (Å²) in [6.07, 6.45) is -1.30. The summed E-state index contributed by atoms with van der Waals surface area (Å²) in [5, 5.41) is 12.6. The molecule has 0 aromatic heterocycles. The van der Waals surface area contributed by atoms with E-state index in [0.717, 1.165) is 17.7 Å². The Hall–Kier alpha value is -2.40. The van der Waals surface area contributed by atoms with Gasteiger partial charge in [0.25, 0.3) is 0 Å². The smallest absolute Gasteiger partial charge is 0.243 e. The molecule has 0 spiro atoms. The first-order valence-corrected chi connectivity index (χ1v) is 11.3. The van der Waals surface area contributed by atoms with Gasteiger partial charge in [-0.25, -0.2) is 17.2 Å². The minimum absolute atomic E-state index is 0.0248. The van der Waals surface area contributed by atoms with E-state index in [2.05, 4.69) is 5.32 Å². The zero-order valence-corrected chi connectivity index (χ0v) is 17.9. The van der Waals surface area contributed by atoms with Crippen LogP contribution in [0.5, 0.6) is 0 Å². The highest BCUT2D eigenvalue weighted by Gasteiger charge is 2.29. The SMILES string of the molecule is Cc1ccc(S(=O)(=O)N2CCN(CC(=O)NCC(O)c3ccc(F)cc3F)CC2)cc1. The maximum Gasteiger partial charge on any atom is 0.243 e. The summed E-state index contributed by atoms with van der Waals surface area (Å²) < 4.78 is 53.5. The van der Waals surface area contributed by atoms with Crippen LogP contribution in [0.2, 0.25) is 0 Å². The molecule has 1 fully saturated rings. The molecule has 1 saturated heterocycles. The van der Waals surface area contributed by atoms with Crippen molar-refractivity contribution in [2.45, 2.75) is 17.9 Å². The van der Waals surface area contributed by atoms with Crippen LogP contribution in [0.15, 0.2) is 47.4 Å². The number of carbonyl (C=O) groups is 1. The van der Waals surface area contributed by atoms with Gasteiger partial charge in [-0.15, -0.1) is 0 Å².